The van der Waals surface area contributed by atoms with Gasteiger partial charge < -0.3 is 15.5 Å². The number of amides is 2. The molecule has 3 N–H and O–H groups in total. The highest BCUT2D eigenvalue weighted by Gasteiger charge is 2.36. The topological polar surface area (TPSA) is 107 Å². The normalized spacial score (nSPS) is 20.7. The Hall–Kier alpha value is -2.58. The number of hydrogen-bond donors (Lipinski definition) is 3. The number of piperidine rings is 1. The third-order valence-electron chi connectivity index (χ3n) is 5.81. The maximum absolute atomic E-state index is 13.0. The van der Waals surface area contributed by atoms with Crippen LogP contribution in [0, 0.1) is 0 Å². The fourth-order valence-corrected chi connectivity index (χ4v) is 4.57. The van der Waals surface area contributed by atoms with E-state index in [2.05, 4.69) is 32.4 Å². The highest BCUT2D eigenvalue weighted by atomic mass is 35.5. The summed E-state index contributed by atoms with van der Waals surface area (Å²) < 4.78 is 0. The number of hydrogen-bond acceptors (Lipinski definition) is 5. The first-order chi connectivity index (χ1) is 14.9. The lowest BCUT2D eigenvalue weighted by molar-refractivity contribution is -0.123. The molecule has 2 aromatic rings. The van der Waals surface area contributed by atoms with Gasteiger partial charge in [0, 0.05) is 24.0 Å². The molecule has 2 atom stereocenters. The number of rotatable bonds is 4. The zero-order valence-electron chi connectivity index (χ0n) is 17.0. The van der Waals surface area contributed by atoms with E-state index in [1.54, 1.807) is 12.1 Å². The molecule has 0 aliphatic carbocycles. The molecule has 31 heavy (non-hydrogen) atoms. The van der Waals surface area contributed by atoms with Crippen molar-refractivity contribution in [2.24, 2.45) is 0 Å². The van der Waals surface area contributed by atoms with Gasteiger partial charge in [0.25, 0.3) is 5.56 Å². The molecular formula is C21H23Cl2N5O3. The minimum atomic E-state index is -0.993. The maximum atomic E-state index is 13.0. The third kappa shape index (κ3) is 4.41. The van der Waals surface area contributed by atoms with Crippen molar-refractivity contribution in [3.63, 3.8) is 0 Å². The average molecular weight is 464 g/mol. The molecule has 8 nitrogen and oxygen atoms in total. The van der Waals surface area contributed by atoms with Crippen molar-refractivity contribution in [1.29, 1.82) is 0 Å². The van der Waals surface area contributed by atoms with Crippen LogP contribution in [0.25, 0.3) is 0 Å². The second-order valence-corrected chi connectivity index (χ2v) is 8.67. The molecule has 0 radical (unpaired) electrons. The highest BCUT2D eigenvalue weighted by Crippen LogP contribution is 2.33. The van der Waals surface area contributed by atoms with Gasteiger partial charge in [0.05, 0.1) is 22.2 Å². The Morgan fingerprint density at radius 3 is 2.87 bits per heavy atom. The predicted molar refractivity (Wildman–Crippen MR) is 121 cm³/mol. The number of anilines is 3. The van der Waals surface area contributed by atoms with Crippen LogP contribution >= 0.6 is 23.2 Å². The molecule has 2 unspecified atom stereocenters. The van der Waals surface area contributed by atoms with Crippen LogP contribution in [0.2, 0.25) is 10.0 Å². The van der Waals surface area contributed by atoms with Gasteiger partial charge in [-0.1, -0.05) is 30.1 Å². The second kappa shape index (κ2) is 8.88. The number of benzene rings is 1. The summed E-state index contributed by atoms with van der Waals surface area (Å²) >= 11 is 12.1. The number of carbonyl (C=O) groups excluding carboxylic acids is 2. The van der Waals surface area contributed by atoms with Crippen molar-refractivity contribution < 1.29 is 9.59 Å². The molecule has 2 aliphatic rings. The SMILES string of the molecule is CCC1CCCCN1c1nc2c(c(=O)[nH]1)C(C(=O)Nc1cc(Cl)ccc1Cl)CC(=O)N2. The highest BCUT2D eigenvalue weighted by molar-refractivity contribution is 6.35. The fourth-order valence-electron chi connectivity index (χ4n) is 4.24. The van der Waals surface area contributed by atoms with Crippen LogP contribution in [-0.4, -0.2) is 34.4 Å². The summed E-state index contributed by atoms with van der Waals surface area (Å²) in [5, 5.41) is 6.04. The maximum Gasteiger partial charge on any atom is 0.258 e. The lowest BCUT2D eigenvalue weighted by Crippen LogP contribution is -2.43. The second-order valence-electron chi connectivity index (χ2n) is 7.82. The van der Waals surface area contributed by atoms with E-state index in [1.165, 1.54) is 6.07 Å². The summed E-state index contributed by atoms with van der Waals surface area (Å²) in [6.07, 6.45) is 3.93. The number of aromatic nitrogens is 2. The third-order valence-corrected chi connectivity index (χ3v) is 6.38. The number of nitrogens with one attached hydrogen (secondary N) is 3. The van der Waals surface area contributed by atoms with E-state index in [-0.39, 0.29) is 29.8 Å². The Bertz CT molecular complexity index is 1090. The van der Waals surface area contributed by atoms with Crippen molar-refractivity contribution >= 4 is 52.5 Å². The molecule has 4 rings (SSSR count). The number of carbonyl (C=O) groups is 2. The molecule has 0 saturated carbocycles. The summed E-state index contributed by atoms with van der Waals surface area (Å²) in [5.41, 5.74) is 0.0219. The van der Waals surface area contributed by atoms with Crippen molar-refractivity contribution in [2.75, 3.05) is 22.1 Å². The van der Waals surface area contributed by atoms with E-state index < -0.39 is 17.4 Å². The van der Waals surface area contributed by atoms with Gasteiger partial charge in [0.2, 0.25) is 17.8 Å². The van der Waals surface area contributed by atoms with Crippen molar-refractivity contribution in [3.8, 4) is 0 Å². The molecule has 1 aromatic heterocycles. The first kappa shape index (κ1) is 21.6. The Morgan fingerprint density at radius 1 is 1.29 bits per heavy atom. The Balaban J connectivity index is 1.67. The van der Waals surface area contributed by atoms with Gasteiger partial charge in [0.1, 0.15) is 5.82 Å². The lowest BCUT2D eigenvalue weighted by Gasteiger charge is -2.36. The Kier molecular flexibility index (Phi) is 6.20. The molecule has 2 amide bonds. The molecule has 1 fully saturated rings. The van der Waals surface area contributed by atoms with Gasteiger partial charge in [-0.05, 0) is 43.9 Å². The Labute approximate surface area is 189 Å². The number of H-pyrrole nitrogens is 1. The van der Waals surface area contributed by atoms with E-state index >= 15 is 0 Å². The van der Waals surface area contributed by atoms with E-state index in [9.17, 15) is 14.4 Å². The van der Waals surface area contributed by atoms with Gasteiger partial charge in [-0.15, -0.1) is 0 Å². The van der Waals surface area contributed by atoms with Crippen molar-refractivity contribution in [1.82, 2.24) is 9.97 Å². The number of halogens is 2. The van der Waals surface area contributed by atoms with E-state index in [4.69, 9.17) is 23.2 Å². The molecule has 164 valence electrons. The van der Waals surface area contributed by atoms with Crippen LogP contribution in [0.15, 0.2) is 23.0 Å². The molecule has 3 heterocycles. The monoisotopic (exact) mass is 463 g/mol. The largest absolute Gasteiger partial charge is 0.339 e. The predicted octanol–water partition coefficient (Wildman–Crippen LogP) is 3.91. The van der Waals surface area contributed by atoms with Crippen LogP contribution in [0.4, 0.5) is 17.5 Å². The van der Waals surface area contributed by atoms with Gasteiger partial charge in [0.15, 0.2) is 0 Å². The van der Waals surface area contributed by atoms with E-state index in [0.717, 1.165) is 32.2 Å². The smallest absolute Gasteiger partial charge is 0.258 e. The summed E-state index contributed by atoms with van der Waals surface area (Å²) in [6.45, 7) is 2.88. The Morgan fingerprint density at radius 2 is 2.10 bits per heavy atom. The molecule has 0 bridgehead atoms. The van der Waals surface area contributed by atoms with Crippen molar-refractivity contribution in [2.45, 2.75) is 51.0 Å². The first-order valence-corrected chi connectivity index (χ1v) is 11.1. The van der Waals surface area contributed by atoms with Gasteiger partial charge in [-0.3, -0.25) is 19.4 Å². The molecular weight excluding hydrogens is 441 g/mol. The molecule has 1 saturated heterocycles. The number of aromatic amines is 1. The van der Waals surface area contributed by atoms with Crippen LogP contribution in [0.1, 0.15) is 50.5 Å². The van der Waals surface area contributed by atoms with Crippen molar-refractivity contribution in [3.05, 3.63) is 44.2 Å². The molecule has 1 aromatic carbocycles. The number of fused-ring (bicyclic) bond motifs is 1. The summed E-state index contributed by atoms with van der Waals surface area (Å²) in [7, 11) is 0. The van der Waals surface area contributed by atoms with Crippen LogP contribution in [-0.2, 0) is 9.59 Å². The molecule has 0 spiro atoms. The van der Waals surface area contributed by atoms with Crippen LogP contribution in [0.3, 0.4) is 0 Å². The number of nitrogens with zero attached hydrogens (tertiary/aromatic N) is 2. The van der Waals surface area contributed by atoms with Gasteiger partial charge in [-0.2, -0.15) is 4.98 Å². The molecule has 2 aliphatic heterocycles. The van der Waals surface area contributed by atoms with Crippen LogP contribution in [0.5, 0.6) is 0 Å². The molecule has 10 heteroatoms. The summed E-state index contributed by atoms with van der Waals surface area (Å²) in [5.74, 6) is -1.33. The standard InChI is InChI=1S/C21H23Cl2N5O3/c1-2-12-5-3-4-8-28(12)21-26-18-17(20(31)27-21)13(10-16(29)25-18)19(30)24-15-9-11(22)6-7-14(15)23/h6-7,9,12-13H,2-5,8,10H2,1H3,(H,24,30)(H2,25,26,27,29,31). The van der Waals surface area contributed by atoms with Gasteiger partial charge >= 0.3 is 0 Å². The summed E-state index contributed by atoms with van der Waals surface area (Å²) in [4.78, 5) is 47.8. The minimum absolute atomic E-state index is 0.132. The van der Waals surface area contributed by atoms with E-state index in [1.807, 2.05) is 0 Å². The minimum Gasteiger partial charge on any atom is -0.339 e. The quantitative estimate of drug-likeness (QED) is 0.636. The zero-order chi connectivity index (χ0) is 22.1. The fraction of sp³-hybridized carbons (Fsp3) is 0.429. The first-order valence-electron chi connectivity index (χ1n) is 10.3. The van der Waals surface area contributed by atoms with E-state index in [0.29, 0.717) is 21.7 Å². The van der Waals surface area contributed by atoms with Gasteiger partial charge in [-0.25, -0.2) is 0 Å². The summed E-state index contributed by atoms with van der Waals surface area (Å²) in [6, 6.07) is 4.95. The van der Waals surface area contributed by atoms with Crippen LogP contribution < -0.4 is 21.1 Å². The average Bonchev–Trinajstić information content (AvgIpc) is 2.75. The lowest BCUT2D eigenvalue weighted by atomic mass is 9.92. The zero-order valence-corrected chi connectivity index (χ0v) is 18.5.